The van der Waals surface area contributed by atoms with E-state index in [1.165, 1.54) is 24.4 Å². The van der Waals surface area contributed by atoms with E-state index in [1.807, 2.05) is 20.8 Å². The van der Waals surface area contributed by atoms with Gasteiger partial charge in [-0.3, -0.25) is 0 Å². The lowest BCUT2D eigenvalue weighted by molar-refractivity contribution is -0.139. The molecule has 142 valence electrons. The highest BCUT2D eigenvalue weighted by atomic mass is 35.5. The minimum absolute atomic E-state index is 0.0106. The number of ether oxygens (including phenoxy) is 1. The quantitative estimate of drug-likeness (QED) is 0.712. The van der Waals surface area contributed by atoms with E-state index < -0.39 is 17.3 Å². The summed E-state index contributed by atoms with van der Waals surface area (Å²) in [5.41, 5.74) is 5.26. The summed E-state index contributed by atoms with van der Waals surface area (Å²) in [6, 6.07) is 5.31. The van der Waals surface area contributed by atoms with E-state index >= 15 is 0 Å². The van der Waals surface area contributed by atoms with Gasteiger partial charge in [0.25, 0.3) is 0 Å². The molecule has 8 heteroatoms. The van der Waals surface area contributed by atoms with Crippen molar-refractivity contribution in [3.05, 3.63) is 41.3 Å². The fraction of sp³-hybridized carbons (Fsp3) is 0.444. The van der Waals surface area contributed by atoms with Gasteiger partial charge in [-0.05, 0) is 62.1 Å². The van der Waals surface area contributed by atoms with Gasteiger partial charge < -0.3 is 10.5 Å². The molecule has 2 N–H and O–H groups in total. The van der Waals surface area contributed by atoms with E-state index in [9.17, 15) is 13.2 Å². The Morgan fingerprint density at radius 2 is 1.92 bits per heavy atom. The van der Waals surface area contributed by atoms with Crippen molar-refractivity contribution in [1.29, 1.82) is 0 Å². The molecule has 2 rings (SSSR count). The van der Waals surface area contributed by atoms with Gasteiger partial charge in [-0.1, -0.05) is 6.92 Å². The molecule has 0 aliphatic heterocycles. The highest BCUT2D eigenvalue weighted by Gasteiger charge is 2.35. The predicted molar refractivity (Wildman–Crippen MR) is 95.0 cm³/mol. The number of hydrogen-bond acceptors (Lipinski definition) is 4. The number of halogens is 4. The smallest absolute Gasteiger partial charge is 0.419 e. The molecule has 0 spiro atoms. The van der Waals surface area contributed by atoms with Crippen LogP contribution in [0.1, 0.15) is 32.8 Å². The molecule has 0 radical (unpaired) electrons. The Morgan fingerprint density at radius 3 is 2.50 bits per heavy atom. The standard InChI is InChI=1S/C18H21ClF3N3O/c1-11(9-17(2,3)23)10-26-15-5-4-12(8-13(15)18(20,21)22)14-6-7-24-16(19)25-14/h4-8,11H,9-10,23H2,1-3H3/t11-/m0/s1. The van der Waals surface area contributed by atoms with Crippen LogP contribution in [0.3, 0.4) is 0 Å². The van der Waals surface area contributed by atoms with E-state index in [-0.39, 0.29) is 29.1 Å². The molecular formula is C18H21ClF3N3O. The molecule has 0 bridgehead atoms. The summed E-state index contributed by atoms with van der Waals surface area (Å²) in [4.78, 5) is 7.67. The first-order valence-corrected chi connectivity index (χ1v) is 8.45. The number of nitrogens with zero attached hydrogens (tertiary/aromatic N) is 2. The SMILES string of the molecule is C[C@H](COc1ccc(-c2ccnc(Cl)n2)cc1C(F)(F)F)CC(C)(C)N. The second-order valence-corrected chi connectivity index (χ2v) is 7.37. The van der Waals surface area contributed by atoms with Gasteiger partial charge in [-0.25, -0.2) is 9.97 Å². The second-order valence-electron chi connectivity index (χ2n) is 7.03. The maximum atomic E-state index is 13.5. The molecule has 0 saturated heterocycles. The number of hydrogen-bond donors (Lipinski definition) is 1. The molecule has 1 aromatic carbocycles. The highest BCUT2D eigenvalue weighted by Crippen LogP contribution is 2.39. The fourth-order valence-corrected chi connectivity index (χ4v) is 2.87. The zero-order valence-corrected chi connectivity index (χ0v) is 15.5. The largest absolute Gasteiger partial charge is 0.493 e. The van der Waals surface area contributed by atoms with Crippen molar-refractivity contribution in [2.45, 2.75) is 38.9 Å². The Kier molecular flexibility index (Phi) is 6.13. The second kappa shape index (κ2) is 7.80. The zero-order valence-electron chi connectivity index (χ0n) is 14.8. The Hall–Kier alpha value is -1.86. The van der Waals surface area contributed by atoms with E-state index in [0.29, 0.717) is 12.1 Å². The van der Waals surface area contributed by atoms with Crippen molar-refractivity contribution >= 4 is 11.6 Å². The zero-order chi connectivity index (χ0) is 19.5. The van der Waals surface area contributed by atoms with Gasteiger partial charge in [0, 0.05) is 17.3 Å². The molecule has 2 aromatic rings. The molecular weight excluding hydrogens is 367 g/mol. The molecule has 1 aromatic heterocycles. The summed E-state index contributed by atoms with van der Waals surface area (Å²) >= 11 is 5.71. The maximum Gasteiger partial charge on any atom is 0.419 e. The number of benzene rings is 1. The van der Waals surface area contributed by atoms with Crippen LogP contribution in [-0.4, -0.2) is 22.1 Å². The molecule has 1 atom stereocenters. The molecule has 0 unspecified atom stereocenters. The normalized spacial score (nSPS) is 13.5. The maximum absolute atomic E-state index is 13.5. The molecule has 0 fully saturated rings. The molecule has 0 aliphatic rings. The van der Waals surface area contributed by atoms with Gasteiger partial charge in [0.05, 0.1) is 17.9 Å². The minimum Gasteiger partial charge on any atom is -0.493 e. The fourth-order valence-electron chi connectivity index (χ4n) is 2.72. The summed E-state index contributed by atoms with van der Waals surface area (Å²) in [6.07, 6.45) is -2.54. The van der Waals surface area contributed by atoms with Crippen LogP contribution >= 0.6 is 11.6 Å². The minimum atomic E-state index is -4.56. The van der Waals surface area contributed by atoms with E-state index in [1.54, 1.807) is 0 Å². The summed E-state index contributed by atoms with van der Waals surface area (Å²) < 4.78 is 45.8. The molecule has 0 aliphatic carbocycles. The summed E-state index contributed by atoms with van der Waals surface area (Å²) in [6.45, 7) is 5.76. The van der Waals surface area contributed by atoms with Crippen LogP contribution in [0.15, 0.2) is 30.5 Å². The number of rotatable bonds is 6. The molecule has 1 heterocycles. The van der Waals surface area contributed by atoms with Gasteiger partial charge in [0.15, 0.2) is 0 Å². The topological polar surface area (TPSA) is 61.0 Å². The van der Waals surface area contributed by atoms with E-state index in [0.717, 1.165) is 6.07 Å². The van der Waals surface area contributed by atoms with Gasteiger partial charge >= 0.3 is 6.18 Å². The Labute approximate surface area is 155 Å². The van der Waals surface area contributed by atoms with Crippen molar-refractivity contribution in [2.75, 3.05) is 6.61 Å². The van der Waals surface area contributed by atoms with Crippen LogP contribution in [0.4, 0.5) is 13.2 Å². The van der Waals surface area contributed by atoms with Crippen LogP contribution in [-0.2, 0) is 6.18 Å². The first kappa shape index (κ1) is 20.5. The molecule has 4 nitrogen and oxygen atoms in total. The average Bonchev–Trinajstić information content (AvgIpc) is 2.50. The lowest BCUT2D eigenvalue weighted by atomic mass is 9.93. The number of aromatic nitrogens is 2. The van der Waals surface area contributed by atoms with E-state index in [4.69, 9.17) is 22.1 Å². The van der Waals surface area contributed by atoms with Crippen molar-refractivity contribution in [3.8, 4) is 17.0 Å². The Morgan fingerprint density at radius 1 is 1.23 bits per heavy atom. The lowest BCUT2D eigenvalue weighted by Crippen LogP contribution is -2.35. The predicted octanol–water partition coefficient (Wildman–Crippen LogP) is 4.96. The van der Waals surface area contributed by atoms with Crippen molar-refractivity contribution in [1.82, 2.24) is 9.97 Å². The number of nitrogens with two attached hydrogens (primary N) is 1. The molecule has 26 heavy (non-hydrogen) atoms. The van der Waals surface area contributed by atoms with Crippen LogP contribution in [0.2, 0.25) is 5.28 Å². The molecule has 0 amide bonds. The Bertz CT molecular complexity index is 760. The monoisotopic (exact) mass is 387 g/mol. The summed E-state index contributed by atoms with van der Waals surface area (Å²) in [5, 5.41) is -0.0328. The van der Waals surface area contributed by atoms with Crippen LogP contribution in [0, 0.1) is 5.92 Å². The summed E-state index contributed by atoms with van der Waals surface area (Å²) in [5.74, 6) is -0.209. The third-order valence-corrected chi connectivity index (χ3v) is 3.79. The van der Waals surface area contributed by atoms with Crippen molar-refractivity contribution in [3.63, 3.8) is 0 Å². The number of alkyl halides is 3. The van der Waals surface area contributed by atoms with Crippen LogP contribution < -0.4 is 10.5 Å². The lowest BCUT2D eigenvalue weighted by Gasteiger charge is -2.24. The Balaban J connectivity index is 2.27. The average molecular weight is 388 g/mol. The summed E-state index contributed by atoms with van der Waals surface area (Å²) in [7, 11) is 0. The molecule has 0 saturated carbocycles. The van der Waals surface area contributed by atoms with Crippen LogP contribution in [0.25, 0.3) is 11.3 Å². The third kappa shape index (κ3) is 5.85. The third-order valence-electron chi connectivity index (χ3n) is 3.60. The van der Waals surface area contributed by atoms with Gasteiger partial charge in [-0.15, -0.1) is 0 Å². The van der Waals surface area contributed by atoms with Crippen molar-refractivity contribution < 1.29 is 17.9 Å². The van der Waals surface area contributed by atoms with Gasteiger partial charge in [0.2, 0.25) is 5.28 Å². The highest BCUT2D eigenvalue weighted by molar-refractivity contribution is 6.28. The van der Waals surface area contributed by atoms with Crippen molar-refractivity contribution in [2.24, 2.45) is 11.7 Å². The first-order chi connectivity index (χ1) is 12.0. The first-order valence-electron chi connectivity index (χ1n) is 8.07. The van der Waals surface area contributed by atoms with Gasteiger partial charge in [0.1, 0.15) is 5.75 Å². The van der Waals surface area contributed by atoms with E-state index in [2.05, 4.69) is 9.97 Å². The van der Waals surface area contributed by atoms with Gasteiger partial charge in [-0.2, -0.15) is 13.2 Å². The van der Waals surface area contributed by atoms with Crippen LogP contribution in [0.5, 0.6) is 5.75 Å².